The highest BCUT2D eigenvalue weighted by molar-refractivity contribution is 7.17. The van der Waals surface area contributed by atoms with Crippen LogP contribution in [0, 0.1) is 5.92 Å². The highest BCUT2D eigenvalue weighted by atomic mass is 32.1. The van der Waals surface area contributed by atoms with Gasteiger partial charge < -0.3 is 25.4 Å². The van der Waals surface area contributed by atoms with E-state index in [9.17, 15) is 27.6 Å². The van der Waals surface area contributed by atoms with Crippen molar-refractivity contribution in [3.8, 4) is 5.75 Å². The van der Waals surface area contributed by atoms with Crippen LogP contribution in [0.15, 0.2) is 24.3 Å². The number of carbonyl (C=O) groups is 3. The number of benzene rings is 1. The van der Waals surface area contributed by atoms with Crippen LogP contribution in [0.25, 0.3) is 0 Å². The number of rotatable bonds is 9. The van der Waals surface area contributed by atoms with E-state index in [0.29, 0.717) is 50.1 Å². The number of nitrogens with zero attached hydrogens (tertiary/aromatic N) is 2. The number of carboxylic acid groups (broad SMARTS) is 1. The van der Waals surface area contributed by atoms with Gasteiger partial charge in [-0.15, -0.1) is 0 Å². The second-order valence-corrected chi connectivity index (χ2v) is 10.7. The normalized spacial score (nSPS) is 19.8. The molecule has 2 amide bonds. The summed E-state index contributed by atoms with van der Waals surface area (Å²) in [6.45, 7) is 1.19. The number of ether oxygens (including phenoxy) is 1. The van der Waals surface area contributed by atoms with Gasteiger partial charge in [0.25, 0.3) is 11.8 Å². The fourth-order valence-corrected chi connectivity index (χ4v) is 5.77. The summed E-state index contributed by atoms with van der Waals surface area (Å²) in [4.78, 5) is 41.1. The minimum Gasteiger partial charge on any atom is -0.490 e. The Morgan fingerprint density at radius 1 is 0.974 bits per heavy atom. The Morgan fingerprint density at radius 3 is 2.18 bits per heavy atom. The molecule has 1 aliphatic heterocycles. The van der Waals surface area contributed by atoms with Crippen LogP contribution >= 0.6 is 11.3 Å². The van der Waals surface area contributed by atoms with Crippen LogP contribution < -0.4 is 20.3 Å². The Morgan fingerprint density at radius 2 is 1.59 bits per heavy atom. The third-order valence-electron chi connectivity index (χ3n) is 6.86. The number of anilines is 1. The summed E-state index contributed by atoms with van der Waals surface area (Å²) in [5.74, 6) is -1.81. The third kappa shape index (κ3) is 7.61. The van der Waals surface area contributed by atoms with E-state index in [4.69, 9.17) is 9.84 Å². The number of carbonyl (C=O) groups excluding carboxylic acids is 2. The molecule has 13 heteroatoms. The van der Waals surface area contributed by atoms with E-state index in [-0.39, 0.29) is 30.2 Å². The molecule has 2 aromatic rings. The zero-order valence-electron chi connectivity index (χ0n) is 21.3. The largest absolute Gasteiger partial charge is 0.490 e. The first-order valence-corrected chi connectivity index (χ1v) is 13.8. The zero-order valence-corrected chi connectivity index (χ0v) is 22.1. The summed E-state index contributed by atoms with van der Waals surface area (Å²) >= 11 is 0.735. The molecule has 1 aromatic heterocycles. The molecular formula is C26H31F3N4O5S. The molecule has 1 saturated carbocycles. The molecule has 3 N–H and O–H groups in total. The summed E-state index contributed by atoms with van der Waals surface area (Å²) in [6, 6.07) is 6.48. The first-order valence-electron chi connectivity index (χ1n) is 13.0. The van der Waals surface area contributed by atoms with Crippen molar-refractivity contribution in [2.45, 2.75) is 57.2 Å². The van der Waals surface area contributed by atoms with Crippen LogP contribution in [-0.4, -0.2) is 60.2 Å². The second kappa shape index (κ2) is 12.7. The first kappa shape index (κ1) is 28.7. The lowest BCUT2D eigenvalue weighted by Gasteiger charge is -2.26. The molecule has 4 rings (SSSR count). The van der Waals surface area contributed by atoms with Crippen molar-refractivity contribution in [1.29, 1.82) is 0 Å². The summed E-state index contributed by atoms with van der Waals surface area (Å²) in [7, 11) is 0. The van der Waals surface area contributed by atoms with E-state index in [1.54, 1.807) is 29.2 Å². The maximum absolute atomic E-state index is 13.5. The van der Waals surface area contributed by atoms with Crippen LogP contribution in [0.2, 0.25) is 0 Å². The molecular weight excluding hydrogens is 537 g/mol. The molecule has 39 heavy (non-hydrogen) atoms. The number of hydrogen-bond acceptors (Lipinski definition) is 7. The van der Waals surface area contributed by atoms with Crippen molar-refractivity contribution in [3.63, 3.8) is 0 Å². The SMILES string of the molecule is O=C(NCCNC(=O)c1sc(N2CCCCC2)nc1C(F)(F)F)c1ccc(OC2CCC(C(=O)O)CC2)cc1. The summed E-state index contributed by atoms with van der Waals surface area (Å²) in [5, 5.41) is 14.4. The fraction of sp³-hybridized carbons (Fsp3) is 0.538. The molecule has 0 spiro atoms. The number of thiazole rings is 1. The standard InChI is InChI=1S/C26H31F3N4O5S/c27-26(28,29)21-20(39-25(32-21)33-14-2-1-3-15-33)23(35)31-13-12-30-22(34)16-4-8-18(9-5-16)38-19-10-6-17(7-11-19)24(36)37/h4-5,8-9,17,19H,1-3,6-7,10-15H2,(H,30,34)(H,31,35)(H,36,37). The van der Waals surface area contributed by atoms with Gasteiger partial charge in [0.05, 0.1) is 12.0 Å². The monoisotopic (exact) mass is 568 g/mol. The van der Waals surface area contributed by atoms with E-state index in [1.165, 1.54) is 0 Å². The Balaban J connectivity index is 1.24. The predicted molar refractivity (Wildman–Crippen MR) is 138 cm³/mol. The van der Waals surface area contributed by atoms with E-state index in [0.717, 1.165) is 30.6 Å². The number of amides is 2. The average Bonchev–Trinajstić information content (AvgIpc) is 3.39. The van der Waals surface area contributed by atoms with Crippen molar-refractivity contribution in [2.75, 3.05) is 31.1 Å². The Bertz CT molecular complexity index is 1160. The summed E-state index contributed by atoms with van der Waals surface area (Å²) < 4.78 is 46.5. The highest BCUT2D eigenvalue weighted by Gasteiger charge is 2.40. The summed E-state index contributed by atoms with van der Waals surface area (Å²) in [6.07, 6.45) is 0.361. The first-order chi connectivity index (χ1) is 18.6. The third-order valence-corrected chi connectivity index (χ3v) is 7.97. The molecule has 1 saturated heterocycles. The minimum absolute atomic E-state index is 0.0226. The van der Waals surface area contributed by atoms with Gasteiger partial charge in [0.2, 0.25) is 0 Å². The van der Waals surface area contributed by atoms with Crippen molar-refractivity contribution >= 4 is 34.3 Å². The molecule has 2 fully saturated rings. The predicted octanol–water partition coefficient (Wildman–Crippen LogP) is 4.33. The second-order valence-electron chi connectivity index (χ2n) is 9.69. The Labute approximate surface area is 227 Å². The maximum Gasteiger partial charge on any atom is 0.435 e. The van der Waals surface area contributed by atoms with E-state index in [2.05, 4.69) is 15.6 Å². The van der Waals surface area contributed by atoms with Crippen molar-refractivity contribution < 1.29 is 37.4 Å². The van der Waals surface area contributed by atoms with Gasteiger partial charge in [0.15, 0.2) is 10.8 Å². The van der Waals surface area contributed by atoms with Crippen LogP contribution in [0.1, 0.15) is 70.7 Å². The van der Waals surface area contributed by atoms with Crippen LogP contribution in [-0.2, 0) is 11.0 Å². The maximum atomic E-state index is 13.5. The number of nitrogens with one attached hydrogen (secondary N) is 2. The number of carboxylic acids is 1. The van der Waals surface area contributed by atoms with Gasteiger partial charge in [-0.3, -0.25) is 14.4 Å². The molecule has 1 aromatic carbocycles. The molecule has 1 aliphatic carbocycles. The zero-order chi connectivity index (χ0) is 28.0. The van der Waals surface area contributed by atoms with Gasteiger partial charge in [0.1, 0.15) is 10.6 Å². The minimum atomic E-state index is -4.75. The lowest BCUT2D eigenvalue weighted by atomic mass is 9.87. The molecule has 0 bridgehead atoms. The van der Waals surface area contributed by atoms with E-state index >= 15 is 0 Å². The number of aromatic nitrogens is 1. The smallest absolute Gasteiger partial charge is 0.435 e. The van der Waals surface area contributed by atoms with Crippen LogP contribution in [0.3, 0.4) is 0 Å². The van der Waals surface area contributed by atoms with Gasteiger partial charge in [-0.05, 0) is 69.2 Å². The lowest BCUT2D eigenvalue weighted by molar-refractivity contribution is -0.143. The van der Waals surface area contributed by atoms with Crippen LogP contribution in [0.5, 0.6) is 5.75 Å². The molecule has 2 heterocycles. The van der Waals surface area contributed by atoms with Gasteiger partial charge in [0, 0.05) is 31.7 Å². The molecule has 212 valence electrons. The Kier molecular flexibility index (Phi) is 9.31. The molecule has 2 aliphatic rings. The number of alkyl halides is 3. The Hall–Kier alpha value is -3.35. The van der Waals surface area contributed by atoms with Crippen molar-refractivity contribution in [3.05, 3.63) is 40.4 Å². The van der Waals surface area contributed by atoms with Crippen LogP contribution in [0.4, 0.5) is 18.3 Å². The van der Waals surface area contributed by atoms with Crippen molar-refractivity contribution in [2.24, 2.45) is 5.92 Å². The van der Waals surface area contributed by atoms with Gasteiger partial charge in [-0.2, -0.15) is 13.2 Å². The van der Waals surface area contributed by atoms with Gasteiger partial charge in [-0.25, -0.2) is 4.98 Å². The summed E-state index contributed by atoms with van der Waals surface area (Å²) in [5.41, 5.74) is -0.830. The average molecular weight is 569 g/mol. The topological polar surface area (TPSA) is 121 Å². The molecule has 0 unspecified atom stereocenters. The number of piperidine rings is 1. The highest BCUT2D eigenvalue weighted by Crippen LogP contribution is 2.38. The van der Waals surface area contributed by atoms with Crippen molar-refractivity contribution in [1.82, 2.24) is 15.6 Å². The quantitative estimate of drug-likeness (QED) is 0.385. The number of halogens is 3. The number of hydrogen-bond donors (Lipinski definition) is 3. The van der Waals surface area contributed by atoms with E-state index < -0.39 is 34.5 Å². The molecule has 0 atom stereocenters. The lowest BCUT2D eigenvalue weighted by Crippen LogP contribution is -2.35. The van der Waals surface area contributed by atoms with E-state index in [1.807, 2.05) is 0 Å². The molecule has 9 nitrogen and oxygen atoms in total. The fourth-order valence-electron chi connectivity index (χ4n) is 4.71. The van der Waals surface area contributed by atoms with Gasteiger partial charge in [-0.1, -0.05) is 11.3 Å². The number of aliphatic carboxylic acids is 1. The van der Waals surface area contributed by atoms with Gasteiger partial charge >= 0.3 is 12.1 Å². The molecule has 0 radical (unpaired) electrons.